The van der Waals surface area contributed by atoms with Crippen LogP contribution in [0.15, 0.2) is 30.3 Å². The predicted molar refractivity (Wildman–Crippen MR) is 262 cm³/mol. The van der Waals surface area contributed by atoms with Gasteiger partial charge in [-0.1, -0.05) is 312 Å². The van der Waals surface area contributed by atoms with Crippen molar-refractivity contribution in [1.82, 2.24) is 0 Å². The molecule has 5 rings (SSSR count). The average molecular weight is 756 g/mol. The van der Waals surface area contributed by atoms with Crippen LogP contribution in [-0.2, 0) is 0 Å². The molecule has 0 aliphatic heterocycles. The van der Waals surface area contributed by atoms with Gasteiger partial charge in [0.2, 0.25) is 0 Å². The fourth-order valence-electron chi connectivity index (χ4n) is 3.03. The summed E-state index contributed by atoms with van der Waals surface area (Å²) in [6.07, 6.45) is 27.0. The Morgan fingerprint density at radius 3 is 0.434 bits per heavy atom. The van der Waals surface area contributed by atoms with Gasteiger partial charge in [0.25, 0.3) is 0 Å². The third-order valence-electron chi connectivity index (χ3n) is 5.57. The molecule has 0 heterocycles. The first kappa shape index (κ1) is 73.3. The standard InChI is InChI=1S/C9H12.C6H12.C5H10.C4H8.4C4H10.C3H6.5C2H6/c1-8(2)9-6-4-3-5-7-9;1-2-4-6-5-3-1;1-2-4-5-3-1;1-2-4-3-1;4*1-4(2)3;1-2-3-1;5*1-2/h3-8H,1-2H3;1-6H2;1-5H2;1-4H2;4*4H,1-3H3;1-3H2;5*1-2H3. The summed E-state index contributed by atoms with van der Waals surface area (Å²) in [5, 5.41) is 0. The predicted octanol–water partition coefficient (Wildman–Crippen LogP) is 21.6. The molecule has 0 atom stereocenters. The first-order valence-electron chi connectivity index (χ1n) is 24.3. The smallest absolute Gasteiger partial charge is 0.0219 e. The van der Waals surface area contributed by atoms with Gasteiger partial charge >= 0.3 is 0 Å². The van der Waals surface area contributed by atoms with Crippen molar-refractivity contribution in [3.8, 4) is 0 Å². The molecule has 4 aliphatic rings. The minimum atomic E-state index is 0.659. The van der Waals surface area contributed by atoms with Gasteiger partial charge in [-0.05, 0) is 35.2 Å². The lowest BCUT2D eigenvalue weighted by Gasteiger charge is -2.05. The molecule has 1 aromatic carbocycles. The maximum atomic E-state index is 2.20. The number of hydrogen-bond acceptors (Lipinski definition) is 0. The van der Waals surface area contributed by atoms with Crippen LogP contribution >= 0.6 is 0 Å². The van der Waals surface area contributed by atoms with Crippen LogP contribution < -0.4 is 0 Å². The van der Waals surface area contributed by atoms with Crippen LogP contribution in [0.25, 0.3) is 0 Å². The highest BCUT2D eigenvalue weighted by atomic mass is 14.0. The quantitative estimate of drug-likeness (QED) is 0.268. The highest BCUT2D eigenvalue weighted by Gasteiger charge is 1.97. The Labute approximate surface area is 346 Å². The minimum absolute atomic E-state index is 0.659. The Kier molecular flexibility index (Phi) is 111. The second-order valence-corrected chi connectivity index (χ2v) is 15.9. The van der Waals surface area contributed by atoms with Crippen molar-refractivity contribution in [1.29, 1.82) is 0 Å². The molecule has 0 heteroatoms. The molecule has 0 aromatic heterocycles. The number of benzene rings is 1. The van der Waals surface area contributed by atoms with Crippen molar-refractivity contribution in [2.75, 3.05) is 0 Å². The SMILES string of the molecule is C1CC1.C1CCC1.C1CCCC1.C1CCCCC1.CC.CC.CC.CC.CC.CC(C)C.CC(C)C.CC(C)C.CC(C)C.CC(C)c1ccccc1. The van der Waals surface area contributed by atoms with Crippen LogP contribution in [0.1, 0.15) is 293 Å². The van der Waals surface area contributed by atoms with Crippen molar-refractivity contribution in [3.63, 3.8) is 0 Å². The fraction of sp³-hybridized carbons (Fsp3) is 0.887. The van der Waals surface area contributed by atoms with Crippen LogP contribution in [0.5, 0.6) is 0 Å². The molecule has 1 aromatic rings. The maximum Gasteiger partial charge on any atom is -0.0219 e. The van der Waals surface area contributed by atoms with Gasteiger partial charge in [0.15, 0.2) is 0 Å². The van der Waals surface area contributed by atoms with Crippen molar-refractivity contribution in [2.24, 2.45) is 23.7 Å². The van der Waals surface area contributed by atoms with E-state index in [1.54, 1.807) is 0 Å². The first-order chi connectivity index (χ1) is 25.2. The van der Waals surface area contributed by atoms with Crippen molar-refractivity contribution < 1.29 is 0 Å². The van der Waals surface area contributed by atoms with E-state index < -0.39 is 0 Å². The van der Waals surface area contributed by atoms with Gasteiger partial charge in [0.1, 0.15) is 0 Å². The summed E-state index contributed by atoms with van der Waals surface area (Å²) < 4.78 is 0. The Balaban J connectivity index is -0.0000000579. The molecule has 0 nitrogen and oxygen atoms in total. The molecule has 53 heavy (non-hydrogen) atoms. The summed E-state index contributed by atoms with van der Waals surface area (Å²) in [6, 6.07) is 10.5. The lowest BCUT2D eigenvalue weighted by Crippen LogP contribution is -1.85. The Morgan fingerprint density at radius 2 is 0.358 bits per heavy atom. The summed E-state index contributed by atoms with van der Waals surface area (Å²) >= 11 is 0. The van der Waals surface area contributed by atoms with Crippen LogP contribution in [-0.4, -0.2) is 0 Å². The molecular weight excluding hydrogens is 637 g/mol. The zero-order valence-electron chi connectivity index (χ0n) is 43.0. The molecule has 0 bridgehead atoms. The fourth-order valence-corrected chi connectivity index (χ4v) is 3.03. The Bertz CT molecular complexity index is 476. The molecular formula is C53H118. The van der Waals surface area contributed by atoms with E-state index in [-0.39, 0.29) is 0 Å². The molecule has 0 unspecified atom stereocenters. The van der Waals surface area contributed by atoms with E-state index >= 15 is 0 Å². The molecule has 4 aliphatic carbocycles. The summed E-state index contributed by atoms with van der Waals surface area (Å²) in [5.41, 5.74) is 1.41. The topological polar surface area (TPSA) is 0 Å². The van der Waals surface area contributed by atoms with E-state index in [0.717, 1.165) is 23.7 Å². The third kappa shape index (κ3) is 167. The van der Waals surface area contributed by atoms with Crippen LogP contribution in [0.3, 0.4) is 0 Å². The number of hydrogen-bond donors (Lipinski definition) is 0. The first-order valence-corrected chi connectivity index (χ1v) is 24.3. The second kappa shape index (κ2) is 79.9. The monoisotopic (exact) mass is 755 g/mol. The highest BCUT2D eigenvalue weighted by Crippen LogP contribution is 2.16. The van der Waals surface area contributed by atoms with Gasteiger partial charge in [-0.3, -0.25) is 0 Å². The van der Waals surface area contributed by atoms with Crippen LogP contribution in [0, 0.1) is 23.7 Å². The zero-order valence-corrected chi connectivity index (χ0v) is 43.0. The van der Waals surface area contributed by atoms with Gasteiger partial charge in [0, 0.05) is 0 Å². The van der Waals surface area contributed by atoms with Crippen molar-refractivity contribution >= 4 is 0 Å². The minimum Gasteiger partial charge on any atom is -0.0683 e. The normalized spacial score (nSPS) is 13.2. The Morgan fingerprint density at radius 1 is 0.245 bits per heavy atom. The van der Waals surface area contributed by atoms with Gasteiger partial charge in [-0.15, -0.1) is 0 Å². The van der Waals surface area contributed by atoms with E-state index in [1.807, 2.05) is 75.3 Å². The Hall–Kier alpha value is -0.780. The van der Waals surface area contributed by atoms with Crippen molar-refractivity contribution in [3.05, 3.63) is 35.9 Å². The molecule has 0 N–H and O–H groups in total. The van der Waals surface area contributed by atoms with Gasteiger partial charge in [-0.25, -0.2) is 0 Å². The van der Waals surface area contributed by atoms with E-state index in [2.05, 4.69) is 121 Å². The largest absolute Gasteiger partial charge is 0.0683 e. The average Bonchev–Trinajstić information content (AvgIpc) is 3.88. The summed E-state index contributed by atoms with van der Waals surface area (Å²) in [7, 11) is 0. The lowest BCUT2D eigenvalue weighted by atomic mass is 10.0. The number of rotatable bonds is 1. The summed E-state index contributed by atoms with van der Waals surface area (Å²) in [6.45, 7) is 50.4. The molecule has 330 valence electrons. The molecule has 4 fully saturated rings. The van der Waals surface area contributed by atoms with E-state index in [0.29, 0.717) is 5.92 Å². The van der Waals surface area contributed by atoms with Crippen molar-refractivity contribution in [2.45, 2.75) is 288 Å². The molecule has 0 amide bonds. The third-order valence-corrected chi connectivity index (χ3v) is 5.57. The van der Waals surface area contributed by atoms with E-state index in [4.69, 9.17) is 0 Å². The van der Waals surface area contributed by atoms with E-state index in [9.17, 15) is 0 Å². The zero-order chi connectivity index (χ0) is 43.7. The molecule has 0 radical (unpaired) electrons. The van der Waals surface area contributed by atoms with E-state index in [1.165, 1.54) is 121 Å². The summed E-state index contributed by atoms with van der Waals surface area (Å²) in [4.78, 5) is 0. The summed E-state index contributed by atoms with van der Waals surface area (Å²) in [5.74, 6) is 3.99. The molecule has 0 saturated heterocycles. The van der Waals surface area contributed by atoms with Crippen LogP contribution in [0.2, 0.25) is 0 Å². The lowest BCUT2D eigenvalue weighted by molar-refractivity contribution is 0.504. The van der Waals surface area contributed by atoms with Gasteiger partial charge in [0.05, 0.1) is 0 Å². The molecule has 0 spiro atoms. The van der Waals surface area contributed by atoms with Gasteiger partial charge in [-0.2, -0.15) is 0 Å². The maximum absolute atomic E-state index is 2.20. The van der Waals surface area contributed by atoms with Crippen LogP contribution in [0.4, 0.5) is 0 Å². The highest BCUT2D eigenvalue weighted by molar-refractivity contribution is 5.17. The van der Waals surface area contributed by atoms with Gasteiger partial charge < -0.3 is 0 Å². The molecule has 4 saturated carbocycles. The second-order valence-electron chi connectivity index (χ2n) is 15.9.